The molecule has 0 unspecified atom stereocenters. The topological polar surface area (TPSA) is 51.2 Å². The Hall–Kier alpha value is -1.41. The van der Waals surface area contributed by atoms with Crippen LogP contribution in [0, 0.1) is 7.43 Å². The molecule has 22 heavy (non-hydrogen) atoms. The predicted molar refractivity (Wildman–Crippen MR) is 90.9 cm³/mol. The van der Waals surface area contributed by atoms with Crippen LogP contribution in [-0.2, 0) is 33.9 Å². The Bertz CT molecular complexity index is 400. The van der Waals surface area contributed by atoms with Gasteiger partial charge in [-0.15, -0.1) is 0 Å². The molecule has 3 nitrogen and oxygen atoms in total. The zero-order valence-corrected chi connectivity index (χ0v) is 16.0. The molecular formula is C18H26O3Ru. The molecular weight excluding hydrogens is 365 g/mol. The minimum absolute atomic E-state index is 0. The molecule has 0 aliphatic heterocycles. The summed E-state index contributed by atoms with van der Waals surface area (Å²) in [5, 5.41) is 0. The van der Waals surface area contributed by atoms with E-state index in [2.05, 4.69) is 73.2 Å². The fourth-order valence-corrected chi connectivity index (χ4v) is 1.76. The molecule has 0 saturated heterocycles. The molecule has 0 spiro atoms. The van der Waals surface area contributed by atoms with Gasteiger partial charge in [0.05, 0.1) is 0 Å². The number of hydrogen-bond donors (Lipinski definition) is 0. The van der Waals surface area contributed by atoms with Crippen LogP contribution in [0.2, 0.25) is 0 Å². The van der Waals surface area contributed by atoms with Crippen LogP contribution in [0.15, 0.2) is 46.1 Å². The van der Waals surface area contributed by atoms with Gasteiger partial charge in [0, 0.05) is 0 Å². The number of hydrogen-bond acceptors (Lipinski definition) is 3. The zero-order valence-electron chi connectivity index (χ0n) is 14.2. The van der Waals surface area contributed by atoms with E-state index >= 15 is 0 Å². The molecule has 124 valence electrons. The van der Waals surface area contributed by atoms with E-state index in [1.54, 1.807) is 0 Å². The molecule has 0 heterocycles. The normalized spacial score (nSPS) is 16.9. The van der Waals surface area contributed by atoms with Crippen LogP contribution >= 0.6 is 0 Å². The Kier molecular flexibility index (Phi) is 32.3. The summed E-state index contributed by atoms with van der Waals surface area (Å²) in [5.41, 5.74) is 7.10. The Morgan fingerprint density at radius 3 is 1.59 bits per heavy atom. The third-order valence-electron chi connectivity index (χ3n) is 3.22. The quantitative estimate of drug-likeness (QED) is 0.383. The van der Waals surface area contributed by atoms with Crippen LogP contribution in [-0.4, -0.2) is 20.4 Å². The molecule has 0 radical (unpaired) electrons. The minimum Gasteiger partial charge on any atom is -0.545 e. The molecule has 0 aromatic carbocycles. The number of carbonyl (C=O) groups excluding carboxylic acids is 3. The van der Waals surface area contributed by atoms with Crippen LogP contribution < -0.4 is 0 Å². The number of allylic oxidation sites excluding steroid dienone is 8. The first kappa shape index (κ1) is 32.5. The van der Waals surface area contributed by atoms with Gasteiger partial charge in [0.15, 0.2) is 0 Å². The second-order valence-electron chi connectivity index (χ2n) is 3.96. The average molecular weight is 391 g/mol. The molecule has 0 fully saturated rings. The van der Waals surface area contributed by atoms with E-state index in [0.29, 0.717) is 0 Å². The molecule has 0 atom stereocenters. The monoisotopic (exact) mass is 392 g/mol. The predicted octanol–water partition coefficient (Wildman–Crippen LogP) is 4.19. The van der Waals surface area contributed by atoms with Crippen LogP contribution in [0.4, 0.5) is 0 Å². The van der Waals surface area contributed by atoms with Crippen molar-refractivity contribution >= 4 is 20.4 Å². The van der Waals surface area contributed by atoms with Crippen molar-refractivity contribution < 1.29 is 33.9 Å². The molecule has 4 heteroatoms. The molecule has 1 aliphatic rings. The van der Waals surface area contributed by atoms with Crippen LogP contribution in [0.5, 0.6) is 0 Å². The van der Waals surface area contributed by atoms with Crippen LogP contribution in [0.1, 0.15) is 41.0 Å². The van der Waals surface area contributed by atoms with E-state index in [0.717, 1.165) is 6.42 Å². The third kappa shape index (κ3) is 11.3. The Morgan fingerprint density at radius 1 is 0.818 bits per heavy atom. The van der Waals surface area contributed by atoms with Gasteiger partial charge >= 0.3 is 19.5 Å². The standard InChI is InChI=1S/C14H20.3CHO.CH3.Ru/c1-6-14-9-7-8-10(2)11(3)12(4)13(14)5;3*1-2;;/h7-9H,6H2,1-5H3;3*1H;1H3;/q;4*-1;+4/b8-7-,9-7?,10-8?,11-10-,12-11?,13-12?,14-9?,14-13?;;;;;. The van der Waals surface area contributed by atoms with Gasteiger partial charge in [-0.1, -0.05) is 25.2 Å². The molecule has 0 amide bonds. The second-order valence-corrected chi connectivity index (χ2v) is 3.96. The van der Waals surface area contributed by atoms with Crippen molar-refractivity contribution in [2.24, 2.45) is 0 Å². The summed E-state index contributed by atoms with van der Waals surface area (Å²) >= 11 is 0. The van der Waals surface area contributed by atoms with E-state index in [1.165, 1.54) is 27.9 Å². The summed E-state index contributed by atoms with van der Waals surface area (Å²) in [6.07, 6.45) is 7.70. The van der Waals surface area contributed by atoms with Gasteiger partial charge in [-0.2, -0.15) is 0 Å². The molecule has 0 aromatic rings. The molecule has 0 saturated carbocycles. The fraction of sp³-hybridized carbons (Fsp3) is 0.333. The molecule has 1 aliphatic carbocycles. The summed E-state index contributed by atoms with van der Waals surface area (Å²) in [7, 11) is 0. The maximum absolute atomic E-state index is 7.75. The van der Waals surface area contributed by atoms with Crippen molar-refractivity contribution in [3.8, 4) is 0 Å². The molecule has 0 N–H and O–H groups in total. The first-order valence-electron chi connectivity index (χ1n) is 6.01. The van der Waals surface area contributed by atoms with E-state index < -0.39 is 0 Å². The summed E-state index contributed by atoms with van der Waals surface area (Å²) in [6.45, 7) is 20.8. The van der Waals surface area contributed by atoms with E-state index in [-0.39, 0.29) is 26.9 Å². The van der Waals surface area contributed by atoms with Gasteiger partial charge in [-0.3, -0.25) is 20.4 Å². The first-order chi connectivity index (χ1) is 9.57. The van der Waals surface area contributed by atoms with Crippen molar-refractivity contribution in [1.82, 2.24) is 0 Å². The van der Waals surface area contributed by atoms with Gasteiger partial charge in [0.2, 0.25) is 0 Å². The van der Waals surface area contributed by atoms with E-state index in [4.69, 9.17) is 14.4 Å². The SMILES string of the molecule is CCC1=C/C=C\C(C)=C(\C)C(C)=C1C.[CH-]=O.[CH-]=O.[CH-]=O.[CH3-].[Ru+4]. The van der Waals surface area contributed by atoms with E-state index in [1.807, 2.05) is 0 Å². The summed E-state index contributed by atoms with van der Waals surface area (Å²) < 4.78 is 0. The Balaban J connectivity index is -0.000000108. The van der Waals surface area contributed by atoms with Crippen molar-refractivity contribution in [2.45, 2.75) is 41.0 Å². The maximum atomic E-state index is 7.75. The molecule has 0 aromatic heterocycles. The largest absolute Gasteiger partial charge is 4.00 e. The summed E-state index contributed by atoms with van der Waals surface area (Å²) in [4.78, 5) is 23.2. The fourth-order valence-electron chi connectivity index (χ4n) is 1.76. The molecule has 1 rings (SSSR count). The summed E-state index contributed by atoms with van der Waals surface area (Å²) in [6, 6.07) is 0. The minimum atomic E-state index is 0. The van der Waals surface area contributed by atoms with Gasteiger partial charge in [0.1, 0.15) is 0 Å². The van der Waals surface area contributed by atoms with Gasteiger partial charge in [-0.05, 0) is 62.0 Å². The van der Waals surface area contributed by atoms with Gasteiger partial charge in [-0.25, -0.2) is 0 Å². The van der Waals surface area contributed by atoms with E-state index in [9.17, 15) is 0 Å². The van der Waals surface area contributed by atoms with Crippen molar-refractivity contribution in [1.29, 1.82) is 0 Å². The third-order valence-corrected chi connectivity index (χ3v) is 3.22. The van der Waals surface area contributed by atoms with Crippen LogP contribution in [0.3, 0.4) is 0 Å². The zero-order chi connectivity index (χ0) is 16.7. The average Bonchev–Trinajstić information content (AvgIpc) is 2.54. The van der Waals surface area contributed by atoms with Crippen LogP contribution in [0.25, 0.3) is 0 Å². The van der Waals surface area contributed by atoms with Gasteiger partial charge < -0.3 is 21.8 Å². The first-order valence-corrected chi connectivity index (χ1v) is 6.01. The second kappa shape index (κ2) is 21.9. The van der Waals surface area contributed by atoms with Crippen molar-refractivity contribution in [3.05, 3.63) is 53.5 Å². The number of rotatable bonds is 1. The smallest absolute Gasteiger partial charge is 0.545 e. The van der Waals surface area contributed by atoms with Gasteiger partial charge in [0.25, 0.3) is 0 Å². The Labute approximate surface area is 149 Å². The molecule has 0 bridgehead atoms. The summed E-state index contributed by atoms with van der Waals surface area (Å²) in [5.74, 6) is 0. The maximum Gasteiger partial charge on any atom is 4.00 e. The Morgan fingerprint density at radius 2 is 1.23 bits per heavy atom. The van der Waals surface area contributed by atoms with Crippen molar-refractivity contribution in [3.63, 3.8) is 0 Å². The van der Waals surface area contributed by atoms with Crippen molar-refractivity contribution in [2.75, 3.05) is 0 Å².